The molecular formula is C2H8NNa. The Morgan fingerprint density at radius 1 is 1.50 bits per heavy atom. The van der Waals surface area contributed by atoms with E-state index in [-0.39, 0.29) is 31.0 Å². The van der Waals surface area contributed by atoms with Crippen molar-refractivity contribution in [1.29, 1.82) is 0 Å². The molecule has 0 heterocycles. The number of hydrogen-bond acceptors (Lipinski definition) is 1. The van der Waals surface area contributed by atoms with Gasteiger partial charge in [-0.05, 0) is 14.1 Å². The van der Waals surface area contributed by atoms with Crippen molar-refractivity contribution in [2.75, 3.05) is 14.1 Å². The minimum atomic E-state index is 0. The van der Waals surface area contributed by atoms with Gasteiger partial charge in [0, 0.05) is 0 Å². The molecule has 0 aliphatic rings. The van der Waals surface area contributed by atoms with Gasteiger partial charge in [0.05, 0.1) is 0 Å². The van der Waals surface area contributed by atoms with Crippen molar-refractivity contribution in [2.45, 2.75) is 0 Å². The van der Waals surface area contributed by atoms with E-state index in [0.717, 1.165) is 0 Å². The van der Waals surface area contributed by atoms with Crippen molar-refractivity contribution in [2.24, 2.45) is 0 Å². The zero-order valence-electron chi connectivity index (χ0n) is 4.50. The van der Waals surface area contributed by atoms with Crippen molar-refractivity contribution >= 4 is 0 Å². The summed E-state index contributed by atoms with van der Waals surface area (Å²) in [6.07, 6.45) is 0. The first kappa shape index (κ1) is 8.88. The van der Waals surface area contributed by atoms with Crippen LogP contribution >= 0.6 is 0 Å². The Bertz CT molecular complexity index is 9.61. The molecule has 0 aromatic heterocycles. The summed E-state index contributed by atoms with van der Waals surface area (Å²) in [5.74, 6) is 0. The van der Waals surface area contributed by atoms with Crippen LogP contribution in [-0.2, 0) is 0 Å². The molecule has 0 aliphatic carbocycles. The molecule has 0 atom stereocenters. The standard InChI is InChI=1S/C2H7N.Na.H/c1-3-2;;/h3H,1-2H3;;/q;+1;-1. The molecule has 0 saturated heterocycles. The average Bonchev–Trinajstić information content (AvgIpc) is 0.918. The predicted octanol–water partition coefficient (Wildman–Crippen LogP) is -3.05. The van der Waals surface area contributed by atoms with E-state index >= 15 is 0 Å². The Hall–Kier alpha value is 0.960. The molecule has 0 aromatic carbocycles. The molecule has 1 nitrogen and oxygen atoms in total. The molecule has 0 unspecified atom stereocenters. The van der Waals surface area contributed by atoms with E-state index in [1.807, 2.05) is 14.1 Å². The molecule has 22 valence electrons. The van der Waals surface area contributed by atoms with Crippen LogP contribution in [0.5, 0.6) is 0 Å². The summed E-state index contributed by atoms with van der Waals surface area (Å²) in [7, 11) is 3.75. The maximum atomic E-state index is 2.75. The van der Waals surface area contributed by atoms with Crippen LogP contribution in [0.1, 0.15) is 1.43 Å². The average molecular weight is 69.1 g/mol. The summed E-state index contributed by atoms with van der Waals surface area (Å²) < 4.78 is 0. The summed E-state index contributed by atoms with van der Waals surface area (Å²) in [5, 5.41) is 2.75. The van der Waals surface area contributed by atoms with E-state index in [9.17, 15) is 0 Å². The summed E-state index contributed by atoms with van der Waals surface area (Å²) in [5.41, 5.74) is 0. The van der Waals surface area contributed by atoms with Crippen LogP contribution in [0, 0.1) is 0 Å². The van der Waals surface area contributed by atoms with Gasteiger partial charge in [-0.3, -0.25) is 0 Å². The van der Waals surface area contributed by atoms with Crippen molar-refractivity contribution in [3.63, 3.8) is 0 Å². The Morgan fingerprint density at radius 3 is 1.50 bits per heavy atom. The van der Waals surface area contributed by atoms with Gasteiger partial charge < -0.3 is 6.74 Å². The molecule has 0 aliphatic heterocycles. The monoisotopic (exact) mass is 69.1 g/mol. The third-order valence-electron chi connectivity index (χ3n) is 0. The minimum Gasteiger partial charge on any atom is -1.00 e. The van der Waals surface area contributed by atoms with Crippen LogP contribution in [0.2, 0.25) is 0 Å². The molecule has 0 aromatic rings. The molecule has 1 N–H and O–H groups in total. The van der Waals surface area contributed by atoms with Crippen LogP contribution < -0.4 is 34.9 Å². The molecule has 0 rings (SSSR count). The molecule has 0 saturated carbocycles. The molecule has 0 amide bonds. The summed E-state index contributed by atoms with van der Waals surface area (Å²) >= 11 is 0. The minimum absolute atomic E-state index is 0. The van der Waals surface area contributed by atoms with Crippen LogP contribution in [0.15, 0.2) is 0 Å². The Labute approximate surface area is 50.6 Å². The van der Waals surface area contributed by atoms with Gasteiger partial charge in [-0.1, -0.05) is 0 Å². The summed E-state index contributed by atoms with van der Waals surface area (Å²) in [4.78, 5) is 0. The molecule has 2 heteroatoms. The predicted molar refractivity (Wildman–Crippen MR) is 16.1 cm³/mol. The first-order valence-corrected chi connectivity index (χ1v) is 1.00. The zero-order valence-corrected chi connectivity index (χ0v) is 5.50. The fraction of sp³-hybridized carbons (Fsp3) is 1.00. The van der Waals surface area contributed by atoms with Gasteiger partial charge in [-0.25, -0.2) is 0 Å². The first-order valence-electron chi connectivity index (χ1n) is 1.00. The fourth-order valence-electron chi connectivity index (χ4n) is 0. The largest absolute Gasteiger partial charge is 1.00 e. The normalized spacial score (nSPS) is 4.50. The third kappa shape index (κ3) is 12.3. The Kier molecular flexibility index (Phi) is 20.0. The van der Waals surface area contributed by atoms with Gasteiger partial charge in [-0.15, -0.1) is 0 Å². The summed E-state index contributed by atoms with van der Waals surface area (Å²) in [6.45, 7) is 0. The molecule has 0 bridgehead atoms. The second kappa shape index (κ2) is 9.03. The van der Waals surface area contributed by atoms with Gasteiger partial charge >= 0.3 is 29.6 Å². The van der Waals surface area contributed by atoms with E-state index in [0.29, 0.717) is 0 Å². The topological polar surface area (TPSA) is 12.0 Å². The third-order valence-corrected chi connectivity index (χ3v) is 0. The second-order valence-corrected chi connectivity index (χ2v) is 0.500. The van der Waals surface area contributed by atoms with E-state index < -0.39 is 0 Å². The fourth-order valence-corrected chi connectivity index (χ4v) is 0. The maximum Gasteiger partial charge on any atom is 1.00 e. The van der Waals surface area contributed by atoms with Crippen molar-refractivity contribution in [1.82, 2.24) is 5.32 Å². The summed E-state index contributed by atoms with van der Waals surface area (Å²) in [6, 6.07) is 0. The van der Waals surface area contributed by atoms with E-state index in [4.69, 9.17) is 0 Å². The van der Waals surface area contributed by atoms with E-state index in [2.05, 4.69) is 5.32 Å². The van der Waals surface area contributed by atoms with Crippen LogP contribution in [0.4, 0.5) is 0 Å². The quantitative estimate of drug-likeness (QED) is 0.298. The zero-order chi connectivity index (χ0) is 2.71. The van der Waals surface area contributed by atoms with E-state index in [1.54, 1.807) is 0 Å². The van der Waals surface area contributed by atoms with Crippen LogP contribution in [0.25, 0.3) is 0 Å². The molecule has 0 radical (unpaired) electrons. The van der Waals surface area contributed by atoms with Crippen molar-refractivity contribution in [3.8, 4) is 0 Å². The number of nitrogens with one attached hydrogen (secondary N) is 1. The molecule has 0 spiro atoms. The van der Waals surface area contributed by atoms with Crippen LogP contribution in [0.3, 0.4) is 0 Å². The van der Waals surface area contributed by atoms with Crippen molar-refractivity contribution < 1.29 is 31.0 Å². The van der Waals surface area contributed by atoms with Gasteiger partial charge in [0.25, 0.3) is 0 Å². The van der Waals surface area contributed by atoms with Gasteiger partial charge in [0.15, 0.2) is 0 Å². The maximum absolute atomic E-state index is 2.75. The second-order valence-electron chi connectivity index (χ2n) is 0.500. The number of rotatable bonds is 0. The van der Waals surface area contributed by atoms with Gasteiger partial charge in [0.2, 0.25) is 0 Å². The number of hydrogen-bond donors (Lipinski definition) is 1. The molecule has 4 heavy (non-hydrogen) atoms. The Morgan fingerprint density at radius 2 is 1.50 bits per heavy atom. The van der Waals surface area contributed by atoms with Gasteiger partial charge in [0.1, 0.15) is 0 Å². The van der Waals surface area contributed by atoms with Crippen molar-refractivity contribution in [3.05, 3.63) is 0 Å². The first-order chi connectivity index (χ1) is 1.41. The van der Waals surface area contributed by atoms with Gasteiger partial charge in [-0.2, -0.15) is 0 Å². The SMILES string of the molecule is CNC.[H-].[Na+]. The molecular weight excluding hydrogens is 61.0 g/mol. The smallest absolute Gasteiger partial charge is 1.00 e. The van der Waals surface area contributed by atoms with Crippen LogP contribution in [-0.4, -0.2) is 14.1 Å². The Balaban J connectivity index is -0.0000000200. The van der Waals surface area contributed by atoms with E-state index in [1.165, 1.54) is 0 Å². The molecule has 0 fully saturated rings.